The second-order valence-corrected chi connectivity index (χ2v) is 8.03. The third-order valence-corrected chi connectivity index (χ3v) is 6.54. The normalized spacial score (nSPS) is 27.4. The first-order valence-electron chi connectivity index (χ1n) is 10.2. The van der Waals surface area contributed by atoms with Gasteiger partial charge in [0, 0.05) is 51.4 Å². The molecule has 4 nitrogen and oxygen atoms in total. The largest absolute Gasteiger partial charge is 0.329 e. The number of rotatable bonds is 4. The molecular weight excluding hydrogens is 332 g/mol. The number of hydrogen-bond donors (Lipinski definition) is 1. The van der Waals surface area contributed by atoms with Gasteiger partial charge in [-0.05, 0) is 30.7 Å². The molecule has 144 valence electrons. The van der Waals surface area contributed by atoms with Crippen molar-refractivity contribution in [3.63, 3.8) is 0 Å². The zero-order valence-electron chi connectivity index (χ0n) is 16.6. The molecule has 0 aliphatic carbocycles. The van der Waals surface area contributed by atoms with E-state index in [1.165, 1.54) is 16.7 Å². The Bertz CT molecular complexity index is 739. The number of nitrogens with two attached hydrogens (primary N) is 1. The first-order valence-corrected chi connectivity index (χ1v) is 10.2. The summed E-state index contributed by atoms with van der Waals surface area (Å²) in [7, 11) is 2.23. The van der Waals surface area contributed by atoms with Crippen LogP contribution in [0.1, 0.15) is 35.7 Å². The van der Waals surface area contributed by atoms with E-state index < -0.39 is 0 Å². The standard InChI is InChI=1S/C23H32N4/c1-18-23(21-11-7-6-10-20(21)22(16-24)25(18)2)27-14-12-26(13-15-27)17-19-8-4-3-5-9-19/h3-11,18,22-23H,12-17,24H2,1-2H3. The molecule has 1 saturated heterocycles. The summed E-state index contributed by atoms with van der Waals surface area (Å²) in [6.07, 6.45) is 0. The molecule has 3 atom stereocenters. The quantitative estimate of drug-likeness (QED) is 0.905. The molecule has 0 spiro atoms. The van der Waals surface area contributed by atoms with Gasteiger partial charge in [0.1, 0.15) is 0 Å². The van der Waals surface area contributed by atoms with Crippen molar-refractivity contribution in [3.8, 4) is 0 Å². The van der Waals surface area contributed by atoms with Crippen LogP contribution in [0.2, 0.25) is 0 Å². The average molecular weight is 365 g/mol. The molecule has 2 aliphatic heterocycles. The molecule has 0 saturated carbocycles. The summed E-state index contributed by atoms with van der Waals surface area (Å²) in [5.74, 6) is 0. The van der Waals surface area contributed by atoms with E-state index >= 15 is 0 Å². The van der Waals surface area contributed by atoms with Gasteiger partial charge in [0.2, 0.25) is 0 Å². The molecule has 4 rings (SSSR count). The van der Waals surface area contributed by atoms with Crippen LogP contribution in [0.25, 0.3) is 0 Å². The summed E-state index contributed by atoms with van der Waals surface area (Å²) < 4.78 is 0. The van der Waals surface area contributed by atoms with Crippen LogP contribution in [-0.2, 0) is 6.54 Å². The van der Waals surface area contributed by atoms with Gasteiger partial charge in [-0.15, -0.1) is 0 Å². The van der Waals surface area contributed by atoms with Gasteiger partial charge in [-0.25, -0.2) is 0 Å². The average Bonchev–Trinajstić information content (AvgIpc) is 2.71. The maximum atomic E-state index is 6.12. The molecule has 0 radical (unpaired) electrons. The Hall–Kier alpha value is -1.72. The van der Waals surface area contributed by atoms with Crippen molar-refractivity contribution in [3.05, 3.63) is 71.3 Å². The molecule has 27 heavy (non-hydrogen) atoms. The van der Waals surface area contributed by atoms with E-state index in [2.05, 4.69) is 83.3 Å². The zero-order valence-corrected chi connectivity index (χ0v) is 16.6. The number of benzene rings is 2. The first-order chi connectivity index (χ1) is 13.2. The van der Waals surface area contributed by atoms with Gasteiger partial charge in [-0.3, -0.25) is 14.7 Å². The number of piperazine rings is 1. The SMILES string of the molecule is CC1C(N2CCN(Cc3ccccc3)CC2)c2ccccc2C(CN)N1C. The highest BCUT2D eigenvalue weighted by atomic mass is 15.3. The predicted molar refractivity (Wildman–Crippen MR) is 111 cm³/mol. The predicted octanol–water partition coefficient (Wildman–Crippen LogP) is 2.88. The fraction of sp³-hybridized carbons (Fsp3) is 0.478. The fourth-order valence-corrected chi connectivity index (χ4v) is 4.91. The van der Waals surface area contributed by atoms with Crippen molar-refractivity contribution in [2.45, 2.75) is 31.6 Å². The van der Waals surface area contributed by atoms with Crippen LogP contribution in [0, 0.1) is 0 Å². The van der Waals surface area contributed by atoms with Gasteiger partial charge >= 0.3 is 0 Å². The Morgan fingerprint density at radius 1 is 0.889 bits per heavy atom. The van der Waals surface area contributed by atoms with Gasteiger partial charge in [0.15, 0.2) is 0 Å². The lowest BCUT2D eigenvalue weighted by Gasteiger charge is -2.50. The van der Waals surface area contributed by atoms with E-state index in [1.54, 1.807) is 0 Å². The minimum Gasteiger partial charge on any atom is -0.329 e. The van der Waals surface area contributed by atoms with Crippen LogP contribution in [0.15, 0.2) is 54.6 Å². The number of hydrogen-bond acceptors (Lipinski definition) is 4. The Balaban J connectivity index is 1.49. The molecule has 0 aromatic heterocycles. The molecule has 1 fully saturated rings. The number of nitrogens with zero attached hydrogens (tertiary/aromatic N) is 3. The maximum absolute atomic E-state index is 6.12. The highest BCUT2D eigenvalue weighted by Gasteiger charge is 2.39. The van der Waals surface area contributed by atoms with Crippen molar-refractivity contribution in [1.82, 2.24) is 14.7 Å². The minimum atomic E-state index is 0.326. The van der Waals surface area contributed by atoms with E-state index in [0.29, 0.717) is 24.7 Å². The molecule has 2 aromatic rings. The van der Waals surface area contributed by atoms with Gasteiger partial charge in [0.05, 0.1) is 6.04 Å². The topological polar surface area (TPSA) is 35.7 Å². The summed E-state index contributed by atoms with van der Waals surface area (Å²) in [4.78, 5) is 7.75. The number of fused-ring (bicyclic) bond motifs is 1. The van der Waals surface area contributed by atoms with Crippen LogP contribution in [0.3, 0.4) is 0 Å². The number of likely N-dealkylation sites (N-methyl/N-ethyl adjacent to an activating group) is 1. The highest BCUT2D eigenvalue weighted by molar-refractivity contribution is 5.37. The maximum Gasteiger partial charge on any atom is 0.0505 e. The second kappa shape index (κ2) is 8.11. The Labute approximate surface area is 163 Å². The van der Waals surface area contributed by atoms with Crippen LogP contribution in [-0.4, -0.2) is 60.5 Å². The zero-order chi connectivity index (χ0) is 18.8. The lowest BCUT2D eigenvalue weighted by atomic mass is 9.84. The molecule has 2 heterocycles. The summed E-state index contributed by atoms with van der Waals surface area (Å²) in [5.41, 5.74) is 10.4. The Kier molecular flexibility index (Phi) is 5.60. The smallest absolute Gasteiger partial charge is 0.0505 e. The summed E-state index contributed by atoms with van der Waals surface area (Å²) in [6.45, 7) is 8.60. The molecule has 2 N–H and O–H groups in total. The Morgan fingerprint density at radius 2 is 1.52 bits per heavy atom. The molecule has 3 unspecified atom stereocenters. The van der Waals surface area contributed by atoms with Crippen LogP contribution in [0.4, 0.5) is 0 Å². The first kappa shape index (κ1) is 18.6. The molecule has 4 heteroatoms. The molecule has 2 aliphatic rings. The lowest BCUT2D eigenvalue weighted by molar-refractivity contribution is 0.0256. The van der Waals surface area contributed by atoms with Crippen LogP contribution >= 0.6 is 0 Å². The van der Waals surface area contributed by atoms with E-state index in [9.17, 15) is 0 Å². The highest BCUT2D eigenvalue weighted by Crippen LogP contribution is 2.40. The van der Waals surface area contributed by atoms with E-state index in [-0.39, 0.29) is 0 Å². The minimum absolute atomic E-state index is 0.326. The van der Waals surface area contributed by atoms with Crippen molar-refractivity contribution >= 4 is 0 Å². The van der Waals surface area contributed by atoms with Gasteiger partial charge in [-0.2, -0.15) is 0 Å². The molecule has 2 aromatic carbocycles. The van der Waals surface area contributed by atoms with Crippen LogP contribution in [0.5, 0.6) is 0 Å². The second-order valence-electron chi connectivity index (χ2n) is 8.03. The Morgan fingerprint density at radius 3 is 2.19 bits per heavy atom. The van der Waals surface area contributed by atoms with Crippen molar-refractivity contribution in [2.75, 3.05) is 39.8 Å². The van der Waals surface area contributed by atoms with Gasteiger partial charge in [-0.1, -0.05) is 54.6 Å². The fourth-order valence-electron chi connectivity index (χ4n) is 4.91. The molecule has 0 bridgehead atoms. The van der Waals surface area contributed by atoms with Crippen molar-refractivity contribution in [2.24, 2.45) is 5.73 Å². The summed E-state index contributed by atoms with van der Waals surface area (Å²) >= 11 is 0. The van der Waals surface area contributed by atoms with Gasteiger partial charge in [0.25, 0.3) is 0 Å². The molecular formula is C23H32N4. The van der Waals surface area contributed by atoms with Crippen molar-refractivity contribution < 1.29 is 0 Å². The summed E-state index contributed by atoms with van der Waals surface area (Å²) in [6, 6.07) is 21.0. The van der Waals surface area contributed by atoms with E-state index in [1.807, 2.05) is 0 Å². The monoisotopic (exact) mass is 364 g/mol. The summed E-state index contributed by atoms with van der Waals surface area (Å²) in [5, 5.41) is 0. The van der Waals surface area contributed by atoms with Gasteiger partial charge < -0.3 is 5.73 Å². The van der Waals surface area contributed by atoms with E-state index in [4.69, 9.17) is 5.73 Å². The van der Waals surface area contributed by atoms with Crippen LogP contribution < -0.4 is 5.73 Å². The van der Waals surface area contributed by atoms with Crippen molar-refractivity contribution in [1.29, 1.82) is 0 Å². The lowest BCUT2D eigenvalue weighted by Crippen LogP contribution is -2.54. The molecule has 0 amide bonds. The third-order valence-electron chi connectivity index (χ3n) is 6.54. The third kappa shape index (κ3) is 3.67. The van der Waals surface area contributed by atoms with E-state index in [0.717, 1.165) is 32.7 Å².